The lowest BCUT2D eigenvalue weighted by atomic mass is 10.3. The van der Waals surface area contributed by atoms with Crippen LogP contribution in [0.3, 0.4) is 0 Å². The summed E-state index contributed by atoms with van der Waals surface area (Å²) in [5, 5.41) is 9.32. The lowest BCUT2D eigenvalue weighted by molar-refractivity contribution is 0.189. The smallest absolute Gasteiger partial charge is 0.243 e. The molecule has 1 saturated heterocycles. The SMILES string of the molecule is Nc1cc(S(=O)(=O)N2CC[C@@H](O)C2)ccc1F. The molecule has 0 saturated carbocycles. The van der Waals surface area contributed by atoms with E-state index in [4.69, 9.17) is 5.73 Å². The van der Waals surface area contributed by atoms with Crippen molar-refractivity contribution < 1.29 is 17.9 Å². The average molecular weight is 260 g/mol. The van der Waals surface area contributed by atoms with Crippen LogP contribution in [0.2, 0.25) is 0 Å². The molecule has 1 atom stereocenters. The highest BCUT2D eigenvalue weighted by Gasteiger charge is 2.31. The number of aliphatic hydroxyl groups excluding tert-OH is 1. The van der Waals surface area contributed by atoms with E-state index in [9.17, 15) is 17.9 Å². The number of nitrogens with two attached hydrogens (primary N) is 1. The molecule has 1 heterocycles. The van der Waals surface area contributed by atoms with Crippen molar-refractivity contribution in [3.8, 4) is 0 Å². The van der Waals surface area contributed by atoms with Crippen molar-refractivity contribution in [2.75, 3.05) is 18.8 Å². The van der Waals surface area contributed by atoms with Crippen molar-refractivity contribution in [3.63, 3.8) is 0 Å². The van der Waals surface area contributed by atoms with E-state index in [1.54, 1.807) is 0 Å². The fraction of sp³-hybridized carbons (Fsp3) is 0.400. The molecule has 1 fully saturated rings. The van der Waals surface area contributed by atoms with Gasteiger partial charge in [0.1, 0.15) is 5.82 Å². The predicted molar refractivity (Wildman–Crippen MR) is 60.2 cm³/mol. The van der Waals surface area contributed by atoms with Crippen LogP contribution in [-0.4, -0.2) is 37.0 Å². The molecule has 0 amide bonds. The summed E-state index contributed by atoms with van der Waals surface area (Å²) in [6, 6.07) is 3.29. The molecule has 17 heavy (non-hydrogen) atoms. The Morgan fingerprint density at radius 1 is 1.47 bits per heavy atom. The number of sulfonamides is 1. The first-order valence-corrected chi connectivity index (χ1v) is 6.58. The summed E-state index contributed by atoms with van der Waals surface area (Å²) in [7, 11) is -3.68. The van der Waals surface area contributed by atoms with Crippen molar-refractivity contribution in [1.29, 1.82) is 0 Å². The third-order valence-electron chi connectivity index (χ3n) is 2.73. The maximum absolute atomic E-state index is 13.0. The van der Waals surface area contributed by atoms with Crippen molar-refractivity contribution >= 4 is 15.7 Å². The Hall–Kier alpha value is -1.18. The average Bonchev–Trinajstić information content (AvgIpc) is 2.69. The van der Waals surface area contributed by atoms with Gasteiger partial charge in [0.25, 0.3) is 0 Å². The molecule has 3 N–H and O–H groups in total. The van der Waals surface area contributed by atoms with Gasteiger partial charge in [-0.25, -0.2) is 12.8 Å². The van der Waals surface area contributed by atoms with Crippen LogP contribution in [0.4, 0.5) is 10.1 Å². The van der Waals surface area contributed by atoms with Gasteiger partial charge in [0.2, 0.25) is 10.0 Å². The number of nitrogen functional groups attached to an aromatic ring is 1. The topological polar surface area (TPSA) is 83.6 Å². The van der Waals surface area contributed by atoms with Gasteiger partial charge in [0, 0.05) is 13.1 Å². The summed E-state index contributed by atoms with van der Waals surface area (Å²) in [5.74, 6) is -0.648. The first-order valence-electron chi connectivity index (χ1n) is 5.14. The van der Waals surface area contributed by atoms with Gasteiger partial charge in [-0.05, 0) is 24.6 Å². The van der Waals surface area contributed by atoms with Crippen LogP contribution >= 0.6 is 0 Å². The van der Waals surface area contributed by atoms with Gasteiger partial charge in [-0.1, -0.05) is 0 Å². The lowest BCUT2D eigenvalue weighted by Gasteiger charge is -2.15. The van der Waals surface area contributed by atoms with E-state index < -0.39 is 21.9 Å². The molecule has 2 rings (SSSR count). The number of aliphatic hydroxyl groups is 1. The maximum Gasteiger partial charge on any atom is 0.243 e. The molecule has 0 aliphatic carbocycles. The third-order valence-corrected chi connectivity index (χ3v) is 4.59. The van der Waals surface area contributed by atoms with Crippen LogP contribution in [0.1, 0.15) is 6.42 Å². The molecule has 0 spiro atoms. The number of halogens is 1. The van der Waals surface area contributed by atoms with Crippen molar-refractivity contribution in [2.24, 2.45) is 0 Å². The van der Waals surface area contributed by atoms with Gasteiger partial charge in [-0.3, -0.25) is 0 Å². The fourth-order valence-electron chi connectivity index (χ4n) is 1.76. The number of hydrogen-bond donors (Lipinski definition) is 2. The minimum atomic E-state index is -3.68. The van der Waals surface area contributed by atoms with Crippen LogP contribution in [0, 0.1) is 5.82 Å². The van der Waals surface area contributed by atoms with Crippen LogP contribution in [0.15, 0.2) is 23.1 Å². The van der Waals surface area contributed by atoms with Crippen LogP contribution in [0.25, 0.3) is 0 Å². The number of rotatable bonds is 2. The molecule has 1 aliphatic heterocycles. The van der Waals surface area contributed by atoms with E-state index in [0.717, 1.165) is 12.1 Å². The lowest BCUT2D eigenvalue weighted by Crippen LogP contribution is -2.29. The first kappa shape index (κ1) is 12.3. The zero-order chi connectivity index (χ0) is 12.6. The summed E-state index contributed by atoms with van der Waals surface area (Å²) in [6.45, 7) is 0.334. The summed E-state index contributed by atoms with van der Waals surface area (Å²) in [6.07, 6.45) is -0.224. The van der Waals surface area contributed by atoms with Crippen LogP contribution < -0.4 is 5.73 Å². The highest BCUT2D eigenvalue weighted by molar-refractivity contribution is 7.89. The Balaban J connectivity index is 2.35. The molecule has 0 aromatic heterocycles. The van der Waals surface area contributed by atoms with Gasteiger partial charge in [-0.15, -0.1) is 0 Å². The summed E-state index contributed by atoms with van der Waals surface area (Å²) >= 11 is 0. The Labute approximate surface area is 98.7 Å². The molecule has 7 heteroatoms. The number of benzene rings is 1. The van der Waals surface area contributed by atoms with Gasteiger partial charge in [0.15, 0.2) is 0 Å². The second-order valence-electron chi connectivity index (χ2n) is 3.99. The zero-order valence-electron chi connectivity index (χ0n) is 9.01. The van der Waals surface area contributed by atoms with E-state index in [1.807, 2.05) is 0 Å². The fourth-order valence-corrected chi connectivity index (χ4v) is 3.29. The van der Waals surface area contributed by atoms with Crippen LogP contribution in [0.5, 0.6) is 0 Å². The largest absolute Gasteiger partial charge is 0.396 e. The quantitative estimate of drug-likeness (QED) is 0.742. The highest BCUT2D eigenvalue weighted by atomic mass is 32.2. The minimum Gasteiger partial charge on any atom is -0.396 e. The molecule has 0 bridgehead atoms. The second-order valence-corrected chi connectivity index (χ2v) is 5.93. The Kier molecular flexibility index (Phi) is 3.07. The molecule has 1 aliphatic rings. The number of hydrogen-bond acceptors (Lipinski definition) is 4. The Morgan fingerprint density at radius 3 is 2.71 bits per heavy atom. The summed E-state index contributed by atoms with van der Waals surface area (Å²) in [5.41, 5.74) is 5.13. The monoisotopic (exact) mass is 260 g/mol. The van der Waals surface area contributed by atoms with E-state index in [0.29, 0.717) is 6.42 Å². The van der Waals surface area contributed by atoms with Gasteiger partial charge >= 0.3 is 0 Å². The molecule has 0 unspecified atom stereocenters. The molecule has 94 valence electrons. The normalized spacial score (nSPS) is 21.9. The van der Waals surface area contributed by atoms with Gasteiger partial charge < -0.3 is 10.8 Å². The van der Waals surface area contributed by atoms with Gasteiger partial charge in [0.05, 0.1) is 16.7 Å². The molecule has 0 radical (unpaired) electrons. The molecule has 1 aromatic carbocycles. The molecule has 1 aromatic rings. The highest BCUT2D eigenvalue weighted by Crippen LogP contribution is 2.23. The third kappa shape index (κ3) is 2.26. The predicted octanol–water partition coefficient (Wildman–Crippen LogP) is 0.163. The van der Waals surface area contributed by atoms with E-state index in [2.05, 4.69) is 0 Å². The Morgan fingerprint density at radius 2 is 2.18 bits per heavy atom. The van der Waals surface area contributed by atoms with E-state index >= 15 is 0 Å². The molecule has 5 nitrogen and oxygen atoms in total. The number of β-amino-alcohol motifs (C(OH)–C–C–N with tert-alkyl or cyclic N) is 1. The standard InChI is InChI=1S/C10H13FN2O3S/c11-9-2-1-8(5-10(9)12)17(15,16)13-4-3-7(14)6-13/h1-2,5,7,14H,3-4,6,12H2/t7-/m1/s1. The Bertz CT molecular complexity index is 532. The van der Waals surface area contributed by atoms with Gasteiger partial charge in [-0.2, -0.15) is 4.31 Å². The summed E-state index contributed by atoms with van der Waals surface area (Å²) < 4.78 is 38.3. The van der Waals surface area contributed by atoms with Crippen LogP contribution in [-0.2, 0) is 10.0 Å². The first-order chi connectivity index (χ1) is 7.91. The second kappa shape index (κ2) is 4.25. The van der Waals surface area contributed by atoms with Crippen molar-refractivity contribution in [1.82, 2.24) is 4.31 Å². The maximum atomic E-state index is 13.0. The summed E-state index contributed by atoms with van der Waals surface area (Å²) in [4.78, 5) is -0.0505. The zero-order valence-corrected chi connectivity index (χ0v) is 9.82. The number of anilines is 1. The molecular weight excluding hydrogens is 247 g/mol. The van der Waals surface area contributed by atoms with E-state index in [1.165, 1.54) is 10.4 Å². The number of nitrogens with zero attached hydrogens (tertiary/aromatic N) is 1. The minimum absolute atomic E-state index is 0.0505. The molecular formula is C10H13FN2O3S. The van der Waals surface area contributed by atoms with Crippen molar-refractivity contribution in [2.45, 2.75) is 17.4 Å². The van der Waals surface area contributed by atoms with Crippen molar-refractivity contribution in [3.05, 3.63) is 24.0 Å². The van der Waals surface area contributed by atoms with E-state index in [-0.39, 0.29) is 23.7 Å².